The van der Waals surface area contributed by atoms with Crippen LogP contribution in [0.1, 0.15) is 18.4 Å². The topological polar surface area (TPSA) is 58.4 Å². The van der Waals surface area contributed by atoms with Crippen molar-refractivity contribution < 1.29 is 9.59 Å². The third-order valence-electron chi connectivity index (χ3n) is 4.51. The Hall–Kier alpha value is -2.15. The lowest BCUT2D eigenvalue weighted by molar-refractivity contribution is -0.146. The molecule has 0 spiro atoms. The van der Waals surface area contributed by atoms with Gasteiger partial charge in [0.25, 0.3) is 5.91 Å². The van der Waals surface area contributed by atoms with Crippen LogP contribution in [0, 0.1) is 0 Å². The van der Waals surface area contributed by atoms with Crippen LogP contribution in [0.15, 0.2) is 35.3 Å². The van der Waals surface area contributed by atoms with E-state index in [0.717, 1.165) is 12.0 Å². The number of piperidine rings is 1. The summed E-state index contributed by atoms with van der Waals surface area (Å²) in [5.74, 6) is 0.0513. The van der Waals surface area contributed by atoms with E-state index in [1.165, 1.54) is 0 Å². The summed E-state index contributed by atoms with van der Waals surface area (Å²) < 4.78 is 1.72. The van der Waals surface area contributed by atoms with Crippen LogP contribution < -0.4 is 0 Å². The number of hydrogen-bond donors (Lipinski definition) is 0. The molecule has 3 rings (SSSR count). The number of nitrogens with zero attached hydrogens (tertiary/aromatic N) is 4. The standard InChI is InChI=1S/C17H22N4O2S/c1-19(2)16(23)17(21-9-4-7-18-21)6-3-8-20(13-17)15(22)11-14-5-10-24-12-14/h4-5,7,9-10,12H,3,6,8,11,13H2,1-2H3. The first-order chi connectivity index (χ1) is 11.5. The van der Waals surface area contributed by atoms with Gasteiger partial charge in [0.05, 0.1) is 13.0 Å². The zero-order valence-corrected chi connectivity index (χ0v) is 14.8. The average molecular weight is 346 g/mol. The molecular weight excluding hydrogens is 324 g/mol. The van der Waals surface area contributed by atoms with Gasteiger partial charge in [-0.2, -0.15) is 16.4 Å². The first-order valence-electron chi connectivity index (χ1n) is 8.04. The summed E-state index contributed by atoms with van der Waals surface area (Å²) in [6.07, 6.45) is 5.35. The fraction of sp³-hybridized carbons (Fsp3) is 0.471. The number of rotatable bonds is 4. The largest absolute Gasteiger partial charge is 0.347 e. The number of amides is 2. The van der Waals surface area contributed by atoms with Crippen LogP contribution in [0.4, 0.5) is 0 Å². The Morgan fingerprint density at radius 1 is 1.42 bits per heavy atom. The van der Waals surface area contributed by atoms with Crippen molar-refractivity contribution in [3.05, 3.63) is 40.8 Å². The molecule has 1 fully saturated rings. The van der Waals surface area contributed by atoms with Gasteiger partial charge in [0.15, 0.2) is 5.54 Å². The van der Waals surface area contributed by atoms with E-state index in [2.05, 4.69) is 5.10 Å². The SMILES string of the molecule is CN(C)C(=O)C1(n2cccn2)CCCN(C(=O)Cc2ccsc2)C1. The van der Waals surface area contributed by atoms with E-state index in [0.29, 0.717) is 25.9 Å². The van der Waals surface area contributed by atoms with Crippen molar-refractivity contribution in [2.24, 2.45) is 0 Å². The van der Waals surface area contributed by atoms with E-state index in [1.54, 1.807) is 41.2 Å². The van der Waals surface area contributed by atoms with Crippen LogP contribution >= 0.6 is 11.3 Å². The third kappa shape index (κ3) is 3.08. The molecule has 0 aliphatic carbocycles. The Balaban J connectivity index is 1.85. The van der Waals surface area contributed by atoms with Crippen LogP contribution in [0.3, 0.4) is 0 Å². The molecule has 1 atom stereocenters. The predicted molar refractivity (Wildman–Crippen MR) is 92.7 cm³/mol. The highest BCUT2D eigenvalue weighted by atomic mass is 32.1. The zero-order chi connectivity index (χ0) is 17.2. The van der Waals surface area contributed by atoms with Crippen LogP contribution in [-0.4, -0.2) is 58.6 Å². The van der Waals surface area contributed by atoms with Crippen molar-refractivity contribution in [3.63, 3.8) is 0 Å². The summed E-state index contributed by atoms with van der Waals surface area (Å²) in [5.41, 5.74) is 0.217. The van der Waals surface area contributed by atoms with Gasteiger partial charge >= 0.3 is 0 Å². The first kappa shape index (κ1) is 16.7. The lowest BCUT2D eigenvalue weighted by atomic mass is 9.87. The molecule has 1 unspecified atom stereocenters. The molecule has 0 aromatic carbocycles. The number of aromatic nitrogens is 2. The van der Waals surface area contributed by atoms with E-state index in [-0.39, 0.29) is 11.8 Å². The van der Waals surface area contributed by atoms with Crippen molar-refractivity contribution in [1.82, 2.24) is 19.6 Å². The molecule has 7 heteroatoms. The van der Waals surface area contributed by atoms with Gasteiger partial charge in [-0.25, -0.2) is 0 Å². The Morgan fingerprint density at radius 2 is 2.25 bits per heavy atom. The number of likely N-dealkylation sites (tertiary alicyclic amines) is 1. The van der Waals surface area contributed by atoms with Gasteiger partial charge in [0.1, 0.15) is 0 Å². The van der Waals surface area contributed by atoms with E-state index in [9.17, 15) is 9.59 Å². The minimum Gasteiger partial charge on any atom is -0.347 e. The highest BCUT2D eigenvalue weighted by molar-refractivity contribution is 7.08. The Labute approximate surface area is 145 Å². The van der Waals surface area contributed by atoms with Gasteiger partial charge in [0.2, 0.25) is 5.91 Å². The monoisotopic (exact) mass is 346 g/mol. The van der Waals surface area contributed by atoms with E-state index in [4.69, 9.17) is 0 Å². The second kappa shape index (κ2) is 6.76. The molecule has 1 aliphatic rings. The van der Waals surface area contributed by atoms with Crippen LogP contribution in [0.2, 0.25) is 0 Å². The second-order valence-electron chi connectivity index (χ2n) is 6.41. The van der Waals surface area contributed by atoms with Crippen LogP contribution in [0.25, 0.3) is 0 Å². The number of likely N-dealkylation sites (N-methyl/N-ethyl adjacent to an activating group) is 1. The van der Waals surface area contributed by atoms with Gasteiger partial charge in [-0.3, -0.25) is 14.3 Å². The molecule has 0 bridgehead atoms. The third-order valence-corrected chi connectivity index (χ3v) is 5.24. The van der Waals surface area contributed by atoms with Crippen molar-refractivity contribution in [2.45, 2.75) is 24.8 Å². The molecule has 1 saturated heterocycles. The van der Waals surface area contributed by atoms with Gasteiger partial charge in [-0.1, -0.05) is 0 Å². The Morgan fingerprint density at radius 3 is 2.88 bits per heavy atom. The average Bonchev–Trinajstić information content (AvgIpc) is 3.27. The van der Waals surface area contributed by atoms with Crippen molar-refractivity contribution >= 4 is 23.2 Å². The molecule has 1 aliphatic heterocycles. The highest BCUT2D eigenvalue weighted by Crippen LogP contribution is 2.30. The molecule has 0 saturated carbocycles. The minimum absolute atomic E-state index is 0.0146. The maximum atomic E-state index is 12.9. The smallest absolute Gasteiger partial charge is 0.251 e. The highest BCUT2D eigenvalue weighted by Gasteiger charge is 2.46. The van der Waals surface area contributed by atoms with Crippen molar-refractivity contribution in [1.29, 1.82) is 0 Å². The molecule has 128 valence electrons. The zero-order valence-electron chi connectivity index (χ0n) is 14.0. The fourth-order valence-corrected chi connectivity index (χ4v) is 4.00. The Bertz CT molecular complexity index is 696. The maximum Gasteiger partial charge on any atom is 0.251 e. The molecule has 2 amide bonds. The van der Waals surface area contributed by atoms with Crippen molar-refractivity contribution in [3.8, 4) is 0 Å². The molecule has 0 N–H and O–H groups in total. The number of carbonyl (C=O) groups is 2. The minimum atomic E-state index is -0.810. The van der Waals surface area contributed by atoms with Gasteiger partial charge in [0, 0.05) is 33.0 Å². The molecule has 2 aromatic heterocycles. The number of thiophene rings is 1. The first-order valence-corrected chi connectivity index (χ1v) is 8.98. The number of hydrogen-bond acceptors (Lipinski definition) is 4. The van der Waals surface area contributed by atoms with Gasteiger partial charge in [-0.15, -0.1) is 0 Å². The summed E-state index contributed by atoms with van der Waals surface area (Å²) in [7, 11) is 3.50. The summed E-state index contributed by atoms with van der Waals surface area (Å²) in [4.78, 5) is 29.0. The van der Waals surface area contributed by atoms with Crippen LogP contribution in [0.5, 0.6) is 0 Å². The summed E-state index contributed by atoms with van der Waals surface area (Å²) in [6.45, 7) is 1.06. The molecule has 24 heavy (non-hydrogen) atoms. The molecule has 0 radical (unpaired) electrons. The van der Waals surface area contributed by atoms with Crippen molar-refractivity contribution in [2.75, 3.05) is 27.2 Å². The summed E-state index contributed by atoms with van der Waals surface area (Å²) in [6, 6.07) is 3.79. The normalized spacial score (nSPS) is 20.8. The van der Waals surface area contributed by atoms with E-state index in [1.807, 2.05) is 34.0 Å². The molecule has 6 nitrogen and oxygen atoms in total. The number of carbonyl (C=O) groups excluding carboxylic acids is 2. The van der Waals surface area contributed by atoms with E-state index >= 15 is 0 Å². The van der Waals surface area contributed by atoms with Gasteiger partial charge in [-0.05, 0) is 41.3 Å². The predicted octanol–water partition coefficient (Wildman–Crippen LogP) is 1.59. The van der Waals surface area contributed by atoms with Crippen LogP contribution in [-0.2, 0) is 21.5 Å². The quantitative estimate of drug-likeness (QED) is 0.845. The summed E-state index contributed by atoms with van der Waals surface area (Å²) in [5, 5.41) is 8.29. The maximum absolute atomic E-state index is 12.9. The summed E-state index contributed by atoms with van der Waals surface area (Å²) >= 11 is 1.59. The van der Waals surface area contributed by atoms with Gasteiger partial charge < -0.3 is 9.80 Å². The molecular formula is C17H22N4O2S. The lowest BCUT2D eigenvalue weighted by Gasteiger charge is -2.43. The molecule has 2 aromatic rings. The fourth-order valence-electron chi connectivity index (χ4n) is 3.33. The second-order valence-corrected chi connectivity index (χ2v) is 7.19. The lowest BCUT2D eigenvalue weighted by Crippen LogP contribution is -2.59. The molecule has 3 heterocycles. The van der Waals surface area contributed by atoms with E-state index < -0.39 is 5.54 Å². The Kier molecular flexibility index (Phi) is 4.71.